The Labute approximate surface area is 536 Å². The molecule has 25 heteroatoms. The van der Waals surface area contributed by atoms with Crippen molar-refractivity contribution in [3.63, 3.8) is 0 Å². The van der Waals surface area contributed by atoms with Crippen LogP contribution in [-0.2, 0) is 55.3 Å². The van der Waals surface area contributed by atoms with Crippen LogP contribution in [0.4, 0.5) is 13.2 Å². The SMILES string of the molecule is CC(C)c1ccc(S(=O)(=O)c2ccc(CNC(=O)c3cc4ccncc4s3)cc2)cc1.COc1ccc(S(=O)(=O)c2ccc(CNC(=O)c3cc4cnccc4[nH]3)cc2)cc1.O=C(NCc1ccc(S(=O)(=O)c2ccccc2C(F)(F)F)cc1)c1cc2cnccc2[nH]1. The predicted octanol–water partition coefficient (Wildman–Crippen LogP) is 12.9. The molecule has 0 saturated heterocycles. The fourth-order valence-corrected chi connectivity index (χ4v) is 14.4. The number of benzene rings is 6. The number of nitrogens with zero attached hydrogens (tertiary/aromatic N) is 3. The van der Waals surface area contributed by atoms with Crippen LogP contribution in [-0.4, -0.2) is 75.0 Å². The third kappa shape index (κ3) is 15.5. The maximum Gasteiger partial charge on any atom is 0.417 e. The van der Waals surface area contributed by atoms with Gasteiger partial charge < -0.3 is 30.7 Å². The number of carbonyl (C=O) groups is 3. The highest BCUT2D eigenvalue weighted by Crippen LogP contribution is 2.37. The maximum atomic E-state index is 13.2. The van der Waals surface area contributed by atoms with Crippen molar-refractivity contribution in [2.24, 2.45) is 0 Å². The average Bonchev–Trinajstić information content (AvgIpc) is 1.77. The van der Waals surface area contributed by atoms with Crippen LogP contribution in [0.2, 0.25) is 0 Å². The molecule has 6 heterocycles. The molecule has 0 radical (unpaired) electrons. The Hall–Kier alpha value is -10.3. The smallest absolute Gasteiger partial charge is 0.417 e. The summed E-state index contributed by atoms with van der Waals surface area (Å²) in [7, 11) is -10.1. The number of hydrogen-bond donors (Lipinski definition) is 5. The number of H-pyrrole nitrogens is 2. The molecule has 0 saturated carbocycles. The van der Waals surface area contributed by atoms with Crippen molar-refractivity contribution in [1.29, 1.82) is 0 Å². The second kappa shape index (κ2) is 28.0. The van der Waals surface area contributed by atoms with E-state index in [9.17, 15) is 52.8 Å². The van der Waals surface area contributed by atoms with Gasteiger partial charge in [-0.25, -0.2) is 25.3 Å². The Kier molecular flexibility index (Phi) is 19.8. The number of alkyl halides is 3. The Morgan fingerprint density at radius 2 is 0.903 bits per heavy atom. The number of fused-ring (bicyclic) bond motifs is 3. The van der Waals surface area contributed by atoms with Crippen LogP contribution in [0.15, 0.2) is 249 Å². The third-order valence-electron chi connectivity index (χ3n) is 14.6. The average molecular weight is 1330 g/mol. The summed E-state index contributed by atoms with van der Waals surface area (Å²) >= 11 is 1.39. The topological polar surface area (TPSA) is 269 Å². The van der Waals surface area contributed by atoms with Crippen molar-refractivity contribution in [3.8, 4) is 5.75 Å². The number of ether oxygens (including phenoxy) is 1. The van der Waals surface area contributed by atoms with Crippen LogP contribution in [0, 0.1) is 0 Å². The lowest BCUT2D eigenvalue weighted by Crippen LogP contribution is -2.23. The van der Waals surface area contributed by atoms with Crippen molar-refractivity contribution in [3.05, 3.63) is 263 Å². The van der Waals surface area contributed by atoms with Gasteiger partial charge in [0.1, 0.15) is 17.1 Å². The van der Waals surface area contributed by atoms with Crippen molar-refractivity contribution in [1.82, 2.24) is 40.9 Å². The fraction of sp³-hybridized carbons (Fsp3) is 0.118. The van der Waals surface area contributed by atoms with E-state index in [0.717, 1.165) is 66.8 Å². The molecular weight excluding hydrogens is 1270 g/mol. The van der Waals surface area contributed by atoms with Crippen molar-refractivity contribution < 1.29 is 57.5 Å². The van der Waals surface area contributed by atoms with Gasteiger partial charge in [-0.2, -0.15) is 13.2 Å². The number of aromatic amines is 2. The molecule has 93 heavy (non-hydrogen) atoms. The first-order valence-corrected chi connectivity index (χ1v) is 33.7. The number of halogens is 3. The Morgan fingerprint density at radius 1 is 0.495 bits per heavy atom. The molecule has 0 bridgehead atoms. The van der Waals surface area contributed by atoms with Crippen LogP contribution in [0.3, 0.4) is 0 Å². The first-order valence-electron chi connectivity index (χ1n) is 28.4. The highest BCUT2D eigenvalue weighted by molar-refractivity contribution is 7.92. The Bertz CT molecular complexity index is 4930. The zero-order valence-electron chi connectivity index (χ0n) is 49.7. The summed E-state index contributed by atoms with van der Waals surface area (Å²) in [6.45, 7) is 4.83. The molecule has 474 valence electrons. The Balaban J connectivity index is 0.000000153. The minimum absolute atomic E-state index is 0.103. The second-order valence-corrected chi connectivity index (χ2v) is 28.1. The number of amides is 3. The number of aromatic nitrogens is 5. The number of hydrogen-bond acceptors (Lipinski definition) is 14. The number of carbonyl (C=O) groups excluding carboxylic acids is 3. The maximum absolute atomic E-state index is 13.2. The van der Waals surface area contributed by atoms with E-state index >= 15 is 0 Å². The van der Waals surface area contributed by atoms with E-state index in [1.54, 1.807) is 122 Å². The van der Waals surface area contributed by atoms with E-state index in [2.05, 4.69) is 54.7 Å². The predicted molar refractivity (Wildman–Crippen MR) is 346 cm³/mol. The minimum atomic E-state index is -4.80. The molecule has 12 aromatic rings. The molecular formula is C68H57F3N8O10S4. The highest BCUT2D eigenvalue weighted by Gasteiger charge is 2.37. The van der Waals surface area contributed by atoms with Crippen LogP contribution in [0.25, 0.3) is 31.9 Å². The van der Waals surface area contributed by atoms with E-state index in [0.29, 0.717) is 40.0 Å². The zero-order chi connectivity index (χ0) is 66.1. The fourth-order valence-electron chi connectivity index (χ4n) is 9.49. The van der Waals surface area contributed by atoms with Crippen LogP contribution in [0.1, 0.15) is 78.2 Å². The largest absolute Gasteiger partial charge is 0.497 e. The standard InChI is InChI=1S/C24H22N2O3S2.C22H16F3N3O3S.C22H19N3O4S/c1-16(2)18-5-9-21(10-6-18)31(28,29)20-7-3-17(4-8-20)14-26-24(27)22-13-19-11-12-25-15-23(19)30-22;23-22(24,25)17-3-1-2-4-20(17)32(30,31)16-7-5-14(6-8-16)12-27-21(29)19-11-15-13-26-10-9-18(15)28-19;1-29-17-4-8-19(9-5-17)30(27,28)18-6-2-15(3-7-18)13-24-22(26)21-12-16-14-23-11-10-20(16)25-21/h3-13,15-16H,14H2,1-2H3,(H,26,27);1-11,13,28H,12H2,(H,27,29);2-12,14,25H,13H2,1H3,(H,24,26). The highest BCUT2D eigenvalue weighted by atomic mass is 32.2. The molecule has 0 aliphatic carbocycles. The van der Waals surface area contributed by atoms with Crippen molar-refractivity contribution in [2.45, 2.75) is 74.9 Å². The van der Waals surface area contributed by atoms with Gasteiger partial charge in [-0.1, -0.05) is 74.5 Å². The quantitative estimate of drug-likeness (QED) is 0.0568. The van der Waals surface area contributed by atoms with E-state index in [1.807, 2.05) is 24.3 Å². The van der Waals surface area contributed by atoms with E-state index in [-0.39, 0.29) is 55.3 Å². The van der Waals surface area contributed by atoms with Crippen LogP contribution >= 0.6 is 11.3 Å². The number of pyridine rings is 3. The number of methoxy groups -OCH3 is 1. The monoisotopic (exact) mass is 1330 g/mol. The molecule has 0 atom stereocenters. The van der Waals surface area contributed by atoms with Gasteiger partial charge in [0, 0.05) is 78.6 Å². The lowest BCUT2D eigenvalue weighted by Gasteiger charge is -2.13. The second-order valence-electron chi connectivity index (χ2n) is 21.2. The molecule has 6 aromatic heterocycles. The molecule has 12 rings (SSSR count). The summed E-state index contributed by atoms with van der Waals surface area (Å²) in [5, 5.41) is 11.0. The molecule has 0 unspecified atom stereocenters. The molecule has 3 amide bonds. The summed E-state index contributed by atoms with van der Waals surface area (Å²) in [6, 6.07) is 46.3. The lowest BCUT2D eigenvalue weighted by atomic mass is 10.0. The van der Waals surface area contributed by atoms with Gasteiger partial charge in [-0.05, 0) is 155 Å². The summed E-state index contributed by atoms with van der Waals surface area (Å²) in [6.07, 6.45) is 5.21. The first kappa shape index (κ1) is 65.6. The number of sulfone groups is 3. The number of thiophene rings is 1. The zero-order valence-corrected chi connectivity index (χ0v) is 52.9. The van der Waals surface area contributed by atoms with Crippen LogP contribution in [0.5, 0.6) is 5.75 Å². The summed E-state index contributed by atoms with van der Waals surface area (Å²) < 4.78 is 123. The summed E-state index contributed by atoms with van der Waals surface area (Å²) in [5.74, 6) is 0.156. The molecule has 18 nitrogen and oxygen atoms in total. The summed E-state index contributed by atoms with van der Waals surface area (Å²) in [5.41, 5.74) is 4.46. The van der Waals surface area contributed by atoms with Gasteiger partial charge >= 0.3 is 6.18 Å². The van der Waals surface area contributed by atoms with Gasteiger partial charge in [0.05, 0.1) is 51.6 Å². The normalized spacial score (nSPS) is 11.7. The molecule has 6 aromatic carbocycles. The van der Waals surface area contributed by atoms with Gasteiger partial charge in [-0.3, -0.25) is 29.3 Å². The van der Waals surface area contributed by atoms with Crippen molar-refractivity contribution >= 4 is 90.5 Å². The molecule has 0 aliphatic heterocycles. The minimum Gasteiger partial charge on any atom is -0.497 e. The van der Waals surface area contributed by atoms with E-state index in [4.69, 9.17) is 4.74 Å². The van der Waals surface area contributed by atoms with Crippen molar-refractivity contribution in [2.75, 3.05) is 7.11 Å². The van der Waals surface area contributed by atoms with Crippen LogP contribution < -0.4 is 20.7 Å². The first-order chi connectivity index (χ1) is 44.5. The number of nitrogens with one attached hydrogen (secondary N) is 5. The van der Waals surface area contributed by atoms with Gasteiger partial charge in [-0.15, -0.1) is 11.3 Å². The lowest BCUT2D eigenvalue weighted by molar-refractivity contribution is -0.139. The van der Waals surface area contributed by atoms with Gasteiger partial charge in [0.15, 0.2) is 0 Å². The molecule has 0 aliphatic rings. The Morgan fingerprint density at radius 3 is 1.33 bits per heavy atom. The number of rotatable bonds is 17. The van der Waals surface area contributed by atoms with E-state index in [1.165, 1.54) is 73.0 Å². The molecule has 0 spiro atoms. The van der Waals surface area contributed by atoms with Gasteiger partial charge in [0.2, 0.25) is 29.5 Å². The van der Waals surface area contributed by atoms with E-state index < -0.39 is 46.1 Å². The molecule has 5 N–H and O–H groups in total. The van der Waals surface area contributed by atoms with Gasteiger partial charge in [0.25, 0.3) is 17.7 Å². The third-order valence-corrected chi connectivity index (χ3v) is 21.1. The molecule has 0 fully saturated rings. The summed E-state index contributed by atoms with van der Waals surface area (Å²) in [4.78, 5) is 55.7.